The number of ether oxygens (including phenoxy) is 1. The quantitative estimate of drug-likeness (QED) is 0.873. The lowest BCUT2D eigenvalue weighted by Gasteiger charge is -2.20. The van der Waals surface area contributed by atoms with Crippen molar-refractivity contribution in [1.29, 1.82) is 0 Å². The Morgan fingerprint density at radius 1 is 1.00 bits per heavy atom. The van der Waals surface area contributed by atoms with Crippen molar-refractivity contribution in [3.63, 3.8) is 0 Å². The van der Waals surface area contributed by atoms with Crippen LogP contribution in [0.2, 0.25) is 0 Å². The molecule has 1 unspecified atom stereocenters. The molecule has 0 aliphatic carbocycles. The molecule has 0 aliphatic heterocycles. The van der Waals surface area contributed by atoms with E-state index in [4.69, 9.17) is 10.5 Å². The summed E-state index contributed by atoms with van der Waals surface area (Å²) in [6, 6.07) is 16.9. The molecule has 22 heavy (non-hydrogen) atoms. The Labute approximate surface area is 134 Å². The second-order valence-corrected chi connectivity index (χ2v) is 6.83. The van der Waals surface area contributed by atoms with Crippen LogP contribution in [0.4, 0.5) is 0 Å². The lowest BCUT2D eigenvalue weighted by Crippen LogP contribution is -2.14. The largest absolute Gasteiger partial charge is 0.496 e. The summed E-state index contributed by atoms with van der Waals surface area (Å²) in [5, 5.41) is 0. The zero-order valence-corrected chi connectivity index (χ0v) is 14.1. The number of para-hydroxylation sites is 1. The summed E-state index contributed by atoms with van der Waals surface area (Å²) in [4.78, 5) is 0. The summed E-state index contributed by atoms with van der Waals surface area (Å²) in [5.74, 6) is 0.942. The van der Waals surface area contributed by atoms with Crippen LogP contribution >= 0.6 is 0 Å². The van der Waals surface area contributed by atoms with E-state index in [0.717, 1.165) is 18.6 Å². The molecule has 0 amide bonds. The Bertz CT molecular complexity index is 596. The molecule has 2 rings (SSSR count). The molecule has 0 fully saturated rings. The van der Waals surface area contributed by atoms with Crippen LogP contribution in [0.1, 0.15) is 49.9 Å². The van der Waals surface area contributed by atoms with Gasteiger partial charge in [0.1, 0.15) is 5.75 Å². The van der Waals surface area contributed by atoms with Gasteiger partial charge in [-0.15, -0.1) is 0 Å². The third-order valence-corrected chi connectivity index (χ3v) is 4.12. The highest BCUT2D eigenvalue weighted by Crippen LogP contribution is 2.26. The summed E-state index contributed by atoms with van der Waals surface area (Å²) in [7, 11) is 1.71. The van der Waals surface area contributed by atoms with Crippen molar-refractivity contribution >= 4 is 0 Å². The SMILES string of the molecule is COc1ccccc1CCC(N)c1ccc(C(C)(C)C)cc1. The molecule has 0 aliphatic rings. The molecule has 0 saturated carbocycles. The van der Waals surface area contributed by atoms with Crippen molar-refractivity contribution < 1.29 is 4.74 Å². The molecule has 0 spiro atoms. The second-order valence-electron chi connectivity index (χ2n) is 6.83. The van der Waals surface area contributed by atoms with Crippen molar-refractivity contribution in [3.05, 3.63) is 65.2 Å². The van der Waals surface area contributed by atoms with Crippen LogP contribution in [0.15, 0.2) is 48.5 Å². The molecule has 2 aromatic carbocycles. The highest BCUT2D eigenvalue weighted by molar-refractivity contribution is 5.34. The first-order valence-electron chi connectivity index (χ1n) is 7.89. The average Bonchev–Trinajstić information content (AvgIpc) is 2.52. The van der Waals surface area contributed by atoms with Crippen molar-refractivity contribution in [2.24, 2.45) is 5.73 Å². The van der Waals surface area contributed by atoms with Crippen molar-refractivity contribution in [1.82, 2.24) is 0 Å². The fraction of sp³-hybridized carbons (Fsp3) is 0.400. The van der Waals surface area contributed by atoms with E-state index in [1.54, 1.807) is 7.11 Å². The number of methoxy groups -OCH3 is 1. The Morgan fingerprint density at radius 2 is 1.64 bits per heavy atom. The van der Waals surface area contributed by atoms with Gasteiger partial charge in [0.05, 0.1) is 7.11 Å². The molecular weight excluding hydrogens is 270 g/mol. The minimum atomic E-state index is 0.0546. The van der Waals surface area contributed by atoms with Gasteiger partial charge in [-0.3, -0.25) is 0 Å². The normalized spacial score (nSPS) is 13.0. The first-order valence-corrected chi connectivity index (χ1v) is 7.89. The predicted octanol–water partition coefficient (Wildman–Crippen LogP) is 4.63. The van der Waals surface area contributed by atoms with E-state index < -0.39 is 0 Å². The van der Waals surface area contributed by atoms with Crippen LogP contribution in [-0.2, 0) is 11.8 Å². The maximum Gasteiger partial charge on any atom is 0.122 e. The van der Waals surface area contributed by atoms with E-state index in [0.29, 0.717) is 0 Å². The summed E-state index contributed by atoms with van der Waals surface area (Å²) in [6.07, 6.45) is 1.83. The van der Waals surface area contributed by atoms with Gasteiger partial charge in [0.15, 0.2) is 0 Å². The van der Waals surface area contributed by atoms with Gasteiger partial charge in [-0.2, -0.15) is 0 Å². The Kier molecular flexibility index (Phi) is 5.25. The molecule has 0 bridgehead atoms. The highest BCUT2D eigenvalue weighted by Gasteiger charge is 2.14. The highest BCUT2D eigenvalue weighted by atomic mass is 16.5. The van der Waals surface area contributed by atoms with E-state index in [1.165, 1.54) is 16.7 Å². The third kappa shape index (κ3) is 4.11. The van der Waals surface area contributed by atoms with Gasteiger partial charge in [-0.25, -0.2) is 0 Å². The van der Waals surface area contributed by atoms with Crippen LogP contribution in [0.25, 0.3) is 0 Å². The first kappa shape index (κ1) is 16.6. The molecule has 0 radical (unpaired) electrons. The van der Waals surface area contributed by atoms with E-state index in [1.807, 2.05) is 18.2 Å². The van der Waals surface area contributed by atoms with E-state index in [2.05, 4.69) is 51.1 Å². The van der Waals surface area contributed by atoms with Crippen molar-refractivity contribution in [2.45, 2.75) is 45.1 Å². The third-order valence-electron chi connectivity index (χ3n) is 4.12. The second kappa shape index (κ2) is 6.97. The summed E-state index contributed by atoms with van der Waals surface area (Å²) in [5.41, 5.74) is 10.3. The Hall–Kier alpha value is -1.80. The first-order chi connectivity index (χ1) is 10.4. The van der Waals surface area contributed by atoms with Gasteiger partial charge in [0.25, 0.3) is 0 Å². The number of benzene rings is 2. The van der Waals surface area contributed by atoms with Crippen molar-refractivity contribution in [2.75, 3.05) is 7.11 Å². The number of hydrogen-bond acceptors (Lipinski definition) is 2. The van der Waals surface area contributed by atoms with Crippen LogP contribution in [-0.4, -0.2) is 7.11 Å². The molecule has 2 heteroatoms. The molecule has 1 atom stereocenters. The lowest BCUT2D eigenvalue weighted by atomic mass is 9.86. The van der Waals surface area contributed by atoms with E-state index >= 15 is 0 Å². The molecule has 2 aromatic rings. The van der Waals surface area contributed by atoms with Gasteiger partial charge in [-0.1, -0.05) is 63.2 Å². The van der Waals surface area contributed by atoms with E-state index in [9.17, 15) is 0 Å². The van der Waals surface area contributed by atoms with Gasteiger partial charge in [0, 0.05) is 6.04 Å². The monoisotopic (exact) mass is 297 g/mol. The van der Waals surface area contributed by atoms with Gasteiger partial charge >= 0.3 is 0 Å². The maximum atomic E-state index is 6.35. The Morgan fingerprint density at radius 3 is 2.23 bits per heavy atom. The molecular formula is C20H27NO. The number of rotatable bonds is 5. The zero-order valence-electron chi connectivity index (χ0n) is 14.1. The van der Waals surface area contributed by atoms with Gasteiger partial charge in [0.2, 0.25) is 0 Å². The molecule has 0 saturated heterocycles. The average molecular weight is 297 g/mol. The van der Waals surface area contributed by atoms with Crippen LogP contribution in [0.3, 0.4) is 0 Å². The molecule has 0 heterocycles. The summed E-state index contributed by atoms with van der Waals surface area (Å²) < 4.78 is 5.40. The predicted molar refractivity (Wildman–Crippen MR) is 93.4 cm³/mol. The number of hydrogen-bond donors (Lipinski definition) is 1. The molecule has 118 valence electrons. The smallest absolute Gasteiger partial charge is 0.122 e. The maximum absolute atomic E-state index is 6.35. The number of aryl methyl sites for hydroxylation is 1. The Balaban J connectivity index is 2.02. The topological polar surface area (TPSA) is 35.2 Å². The number of nitrogens with two attached hydrogens (primary N) is 1. The van der Waals surface area contributed by atoms with Crippen molar-refractivity contribution in [3.8, 4) is 5.75 Å². The van der Waals surface area contributed by atoms with Crippen LogP contribution in [0, 0.1) is 0 Å². The minimum absolute atomic E-state index is 0.0546. The fourth-order valence-electron chi connectivity index (χ4n) is 2.62. The molecule has 2 N–H and O–H groups in total. The summed E-state index contributed by atoms with van der Waals surface area (Å²) >= 11 is 0. The van der Waals surface area contributed by atoms with Crippen LogP contribution in [0.5, 0.6) is 5.75 Å². The standard InChI is InChI=1S/C20H27NO/c1-20(2,3)17-12-9-15(10-13-17)18(21)14-11-16-7-5-6-8-19(16)22-4/h5-10,12-13,18H,11,14,21H2,1-4H3. The minimum Gasteiger partial charge on any atom is -0.496 e. The zero-order chi connectivity index (χ0) is 16.2. The van der Waals surface area contributed by atoms with Crippen LogP contribution < -0.4 is 10.5 Å². The van der Waals surface area contributed by atoms with E-state index in [-0.39, 0.29) is 11.5 Å². The lowest BCUT2D eigenvalue weighted by molar-refractivity contribution is 0.408. The fourth-order valence-corrected chi connectivity index (χ4v) is 2.62. The molecule has 0 aromatic heterocycles. The molecule has 2 nitrogen and oxygen atoms in total. The van der Waals surface area contributed by atoms with Gasteiger partial charge in [-0.05, 0) is 41.0 Å². The summed E-state index contributed by atoms with van der Waals surface area (Å²) in [6.45, 7) is 6.68. The van der Waals surface area contributed by atoms with Gasteiger partial charge < -0.3 is 10.5 Å².